The highest BCUT2D eigenvalue weighted by Gasteiger charge is 2.23. The average Bonchev–Trinajstić information content (AvgIpc) is 2.88. The molecule has 0 unspecified atom stereocenters. The largest absolute Gasteiger partial charge is 0.469 e. The van der Waals surface area contributed by atoms with Crippen LogP contribution in [0.15, 0.2) is 30.3 Å². The van der Waals surface area contributed by atoms with E-state index in [9.17, 15) is 0 Å². The van der Waals surface area contributed by atoms with Crippen LogP contribution >= 0.6 is 12.2 Å². The maximum atomic E-state index is 5.33. The first-order valence-corrected chi connectivity index (χ1v) is 7.62. The van der Waals surface area contributed by atoms with Crippen LogP contribution in [0.5, 0.6) is 0 Å². The molecule has 3 rings (SSSR count). The summed E-state index contributed by atoms with van der Waals surface area (Å²) in [5, 5.41) is 0.664. The van der Waals surface area contributed by atoms with Gasteiger partial charge < -0.3 is 9.64 Å². The van der Waals surface area contributed by atoms with Gasteiger partial charge in [-0.2, -0.15) is 0 Å². The van der Waals surface area contributed by atoms with Gasteiger partial charge in [0.15, 0.2) is 0 Å². The molecule has 2 fully saturated rings. The molecule has 4 nitrogen and oxygen atoms in total. The molecule has 0 aliphatic carbocycles. The highest BCUT2D eigenvalue weighted by molar-refractivity contribution is 7.80. The molecule has 0 bridgehead atoms. The predicted molar refractivity (Wildman–Crippen MR) is 83.4 cm³/mol. The minimum Gasteiger partial charge on any atom is -0.469 e. The summed E-state index contributed by atoms with van der Waals surface area (Å²) in [7, 11) is 0. The number of hydrogen-bond donors (Lipinski definition) is 0. The van der Waals surface area contributed by atoms with Crippen molar-refractivity contribution in [2.45, 2.75) is 6.54 Å². The lowest BCUT2D eigenvalue weighted by Gasteiger charge is -2.36. The number of piperazine rings is 1. The Balaban J connectivity index is 1.44. The molecule has 2 saturated heterocycles. The molecule has 0 N–H and O–H groups in total. The van der Waals surface area contributed by atoms with Crippen LogP contribution < -0.4 is 0 Å². The van der Waals surface area contributed by atoms with Crippen molar-refractivity contribution in [2.24, 2.45) is 0 Å². The normalized spacial score (nSPS) is 21.2. The minimum atomic E-state index is 0.664. The molecule has 1 aromatic rings. The van der Waals surface area contributed by atoms with Crippen molar-refractivity contribution in [1.82, 2.24) is 14.7 Å². The monoisotopic (exact) mass is 291 g/mol. The maximum absolute atomic E-state index is 5.33. The highest BCUT2D eigenvalue weighted by atomic mass is 32.1. The summed E-state index contributed by atoms with van der Waals surface area (Å²) in [6.45, 7) is 8.10. The topological polar surface area (TPSA) is 19.0 Å². The van der Waals surface area contributed by atoms with E-state index in [0.29, 0.717) is 5.17 Å². The SMILES string of the molecule is S=C1OCCN1CN1CCN(Cc2ccccc2)CC1. The van der Waals surface area contributed by atoms with Gasteiger partial charge >= 0.3 is 0 Å². The molecule has 0 saturated carbocycles. The number of nitrogens with zero attached hydrogens (tertiary/aromatic N) is 3. The molecule has 1 aromatic carbocycles. The van der Waals surface area contributed by atoms with Crippen molar-refractivity contribution in [1.29, 1.82) is 0 Å². The summed E-state index contributed by atoms with van der Waals surface area (Å²) in [4.78, 5) is 7.13. The van der Waals surface area contributed by atoms with Crippen molar-refractivity contribution in [3.63, 3.8) is 0 Å². The highest BCUT2D eigenvalue weighted by Crippen LogP contribution is 2.10. The zero-order chi connectivity index (χ0) is 13.8. The Morgan fingerprint density at radius 2 is 1.65 bits per heavy atom. The first-order valence-electron chi connectivity index (χ1n) is 7.21. The molecule has 0 spiro atoms. The Bertz CT molecular complexity index is 446. The van der Waals surface area contributed by atoms with Crippen molar-refractivity contribution in [3.05, 3.63) is 35.9 Å². The lowest BCUT2D eigenvalue weighted by atomic mass is 10.2. The van der Waals surface area contributed by atoms with Crippen LogP contribution in [-0.2, 0) is 11.3 Å². The van der Waals surface area contributed by atoms with Crippen LogP contribution in [0.1, 0.15) is 5.56 Å². The van der Waals surface area contributed by atoms with E-state index in [1.165, 1.54) is 5.56 Å². The molecule has 0 amide bonds. The zero-order valence-corrected chi connectivity index (χ0v) is 12.5. The fourth-order valence-electron chi connectivity index (χ4n) is 2.73. The molecule has 0 radical (unpaired) electrons. The summed E-state index contributed by atoms with van der Waals surface area (Å²) in [5.74, 6) is 0. The van der Waals surface area contributed by atoms with Gasteiger partial charge in [-0.05, 0) is 17.8 Å². The van der Waals surface area contributed by atoms with E-state index in [1.54, 1.807) is 0 Å². The van der Waals surface area contributed by atoms with Crippen LogP contribution in [0.25, 0.3) is 0 Å². The van der Waals surface area contributed by atoms with Gasteiger partial charge in [0.2, 0.25) is 0 Å². The van der Waals surface area contributed by atoms with Crippen molar-refractivity contribution < 1.29 is 4.74 Å². The molecule has 5 heteroatoms. The van der Waals surface area contributed by atoms with Crippen molar-refractivity contribution >= 4 is 17.4 Å². The molecule has 0 atom stereocenters. The molecule has 108 valence electrons. The molecule has 20 heavy (non-hydrogen) atoms. The van der Waals surface area contributed by atoms with E-state index >= 15 is 0 Å². The number of rotatable bonds is 4. The summed E-state index contributed by atoms with van der Waals surface area (Å²) in [6.07, 6.45) is 0. The van der Waals surface area contributed by atoms with Gasteiger partial charge in [-0.1, -0.05) is 30.3 Å². The summed E-state index contributed by atoms with van der Waals surface area (Å²) >= 11 is 5.19. The molecule has 2 aliphatic heterocycles. The molecular formula is C15H21N3OS. The second-order valence-electron chi connectivity index (χ2n) is 5.40. The Hall–Kier alpha value is -1.17. The van der Waals surface area contributed by atoms with Crippen LogP contribution in [0.3, 0.4) is 0 Å². The van der Waals surface area contributed by atoms with Gasteiger partial charge in [0.25, 0.3) is 5.17 Å². The minimum absolute atomic E-state index is 0.664. The molecular weight excluding hydrogens is 270 g/mol. The molecule has 0 aromatic heterocycles. The van der Waals surface area contributed by atoms with Gasteiger partial charge in [0.1, 0.15) is 6.61 Å². The fourth-order valence-corrected chi connectivity index (χ4v) is 2.96. The predicted octanol–water partition coefficient (Wildman–Crippen LogP) is 1.38. The standard InChI is InChI=1S/C15H21N3OS/c20-15-18(10-11-19-15)13-17-8-6-16(7-9-17)12-14-4-2-1-3-5-14/h1-5H,6-13H2. The Labute approximate surface area is 125 Å². The lowest BCUT2D eigenvalue weighted by Crippen LogP contribution is -2.49. The fraction of sp³-hybridized carbons (Fsp3) is 0.533. The third-order valence-electron chi connectivity index (χ3n) is 3.93. The number of benzene rings is 1. The van der Waals surface area contributed by atoms with Gasteiger partial charge in [-0.3, -0.25) is 9.80 Å². The quantitative estimate of drug-likeness (QED) is 0.778. The summed E-state index contributed by atoms with van der Waals surface area (Å²) in [6, 6.07) is 10.7. The summed E-state index contributed by atoms with van der Waals surface area (Å²) < 4.78 is 5.33. The van der Waals surface area contributed by atoms with E-state index in [0.717, 1.165) is 52.5 Å². The van der Waals surface area contributed by atoms with Crippen LogP contribution in [0.2, 0.25) is 0 Å². The lowest BCUT2D eigenvalue weighted by molar-refractivity contribution is 0.0985. The van der Waals surface area contributed by atoms with Crippen molar-refractivity contribution in [3.8, 4) is 0 Å². The van der Waals surface area contributed by atoms with Gasteiger partial charge in [0, 0.05) is 32.7 Å². The Morgan fingerprint density at radius 3 is 2.30 bits per heavy atom. The average molecular weight is 291 g/mol. The zero-order valence-electron chi connectivity index (χ0n) is 11.7. The van der Waals surface area contributed by atoms with E-state index in [2.05, 4.69) is 45.0 Å². The maximum Gasteiger partial charge on any atom is 0.260 e. The van der Waals surface area contributed by atoms with E-state index in [1.807, 2.05) is 0 Å². The van der Waals surface area contributed by atoms with Crippen LogP contribution in [0, 0.1) is 0 Å². The van der Waals surface area contributed by atoms with Gasteiger partial charge in [-0.25, -0.2) is 0 Å². The van der Waals surface area contributed by atoms with Crippen molar-refractivity contribution in [2.75, 3.05) is 46.0 Å². The Kier molecular flexibility index (Phi) is 4.50. The number of hydrogen-bond acceptors (Lipinski definition) is 4. The summed E-state index contributed by atoms with van der Waals surface area (Å²) in [5.41, 5.74) is 1.40. The third kappa shape index (κ3) is 3.48. The third-order valence-corrected chi connectivity index (χ3v) is 4.31. The Morgan fingerprint density at radius 1 is 0.950 bits per heavy atom. The van der Waals surface area contributed by atoms with Gasteiger partial charge in [0.05, 0.1) is 13.2 Å². The van der Waals surface area contributed by atoms with Crippen LogP contribution in [0.4, 0.5) is 0 Å². The second kappa shape index (κ2) is 6.52. The number of thiocarbonyl (C=S) groups is 1. The number of ether oxygens (including phenoxy) is 1. The smallest absolute Gasteiger partial charge is 0.260 e. The molecule has 2 heterocycles. The first-order chi connectivity index (χ1) is 9.81. The van der Waals surface area contributed by atoms with E-state index in [-0.39, 0.29) is 0 Å². The first kappa shape index (κ1) is 13.8. The second-order valence-corrected chi connectivity index (χ2v) is 5.75. The molecule has 2 aliphatic rings. The van der Waals surface area contributed by atoms with Gasteiger partial charge in [-0.15, -0.1) is 0 Å². The van der Waals surface area contributed by atoms with Crippen LogP contribution in [-0.4, -0.2) is 65.9 Å². The van der Waals surface area contributed by atoms with E-state index in [4.69, 9.17) is 17.0 Å². The van der Waals surface area contributed by atoms with E-state index < -0.39 is 0 Å².